The van der Waals surface area contributed by atoms with E-state index >= 15 is 0 Å². The number of rotatable bonds is 5. The Hall–Kier alpha value is -1.41. The number of methoxy groups -OCH3 is 2. The summed E-state index contributed by atoms with van der Waals surface area (Å²) in [6, 6.07) is -0.594. The molecule has 2 aromatic heterocycles. The summed E-state index contributed by atoms with van der Waals surface area (Å²) in [6.45, 7) is 3.72. The quantitative estimate of drug-likeness (QED) is 0.566. The molecule has 1 unspecified atom stereocenters. The van der Waals surface area contributed by atoms with Gasteiger partial charge in [0.2, 0.25) is 0 Å². The van der Waals surface area contributed by atoms with Crippen molar-refractivity contribution in [1.29, 1.82) is 0 Å². The SMILES string of the molecule is [2H]c1c(OC)c([2H])c2nc(S(=O)Cc3ncc(C)c(OC)c3C)[n-]c2c1[2H].[Na+]. The summed E-state index contributed by atoms with van der Waals surface area (Å²) in [6.07, 6.45) is 1.65. The van der Waals surface area contributed by atoms with Gasteiger partial charge in [-0.25, -0.2) is 0 Å². The molecule has 1 atom stereocenters. The van der Waals surface area contributed by atoms with Crippen LogP contribution in [0, 0.1) is 13.8 Å². The van der Waals surface area contributed by atoms with Crippen molar-refractivity contribution in [2.45, 2.75) is 24.8 Å². The van der Waals surface area contributed by atoms with Crippen LogP contribution < -0.4 is 44.0 Å². The number of nitrogens with zero attached hydrogens (tertiary/aromatic N) is 3. The molecule has 1 aromatic carbocycles. The largest absolute Gasteiger partial charge is 1.00 e. The molecule has 6 nitrogen and oxygen atoms in total. The van der Waals surface area contributed by atoms with E-state index in [1.165, 1.54) is 7.11 Å². The van der Waals surface area contributed by atoms with Crippen molar-refractivity contribution in [1.82, 2.24) is 15.0 Å². The van der Waals surface area contributed by atoms with E-state index in [0.29, 0.717) is 11.4 Å². The van der Waals surface area contributed by atoms with Crippen LogP contribution in [0.1, 0.15) is 20.9 Å². The Balaban J connectivity index is 0.00000280. The molecule has 0 amide bonds. The van der Waals surface area contributed by atoms with Crippen LogP contribution in [0.3, 0.4) is 0 Å². The van der Waals surface area contributed by atoms with Crippen molar-refractivity contribution in [3.63, 3.8) is 0 Å². The third-order valence-electron chi connectivity index (χ3n) is 3.59. The Morgan fingerprint density at radius 3 is 2.72 bits per heavy atom. The molecule has 3 aromatic rings. The second-order valence-electron chi connectivity index (χ2n) is 5.15. The maximum Gasteiger partial charge on any atom is 1.00 e. The van der Waals surface area contributed by atoms with Crippen LogP contribution in [-0.4, -0.2) is 28.4 Å². The first-order valence-electron chi connectivity index (χ1n) is 8.65. The number of benzene rings is 1. The topological polar surface area (TPSA) is 75.4 Å². The maximum atomic E-state index is 12.8. The molecule has 126 valence electrons. The summed E-state index contributed by atoms with van der Waals surface area (Å²) >= 11 is 0. The van der Waals surface area contributed by atoms with Crippen molar-refractivity contribution >= 4 is 21.8 Å². The molecule has 0 N–H and O–H groups in total. The van der Waals surface area contributed by atoms with E-state index in [9.17, 15) is 4.21 Å². The van der Waals surface area contributed by atoms with E-state index in [1.54, 1.807) is 13.3 Å². The van der Waals surface area contributed by atoms with E-state index < -0.39 is 10.8 Å². The third-order valence-corrected chi connectivity index (χ3v) is 4.72. The first-order chi connectivity index (χ1) is 12.8. The van der Waals surface area contributed by atoms with Gasteiger partial charge in [0.1, 0.15) is 11.5 Å². The van der Waals surface area contributed by atoms with Crippen LogP contribution in [0.25, 0.3) is 11.0 Å². The summed E-state index contributed by atoms with van der Waals surface area (Å²) in [5.74, 6) is 0.714. The van der Waals surface area contributed by atoms with Crippen molar-refractivity contribution in [2.75, 3.05) is 14.2 Å². The zero-order valence-corrected chi connectivity index (χ0v) is 17.6. The van der Waals surface area contributed by atoms with Gasteiger partial charge in [0.05, 0.1) is 40.6 Å². The van der Waals surface area contributed by atoms with Crippen molar-refractivity contribution in [2.24, 2.45) is 0 Å². The fourth-order valence-corrected chi connectivity index (χ4v) is 3.42. The minimum atomic E-state index is -1.63. The Morgan fingerprint density at radius 1 is 1.28 bits per heavy atom. The summed E-state index contributed by atoms with van der Waals surface area (Å²) in [5.41, 5.74) is 2.44. The number of hydrogen-bond donors (Lipinski definition) is 0. The molecule has 2 heterocycles. The molecule has 0 bridgehead atoms. The minimum absolute atomic E-state index is 0. The molecule has 0 aliphatic heterocycles. The molecule has 3 rings (SSSR count). The fraction of sp³-hybridized carbons (Fsp3) is 0.294. The second-order valence-corrected chi connectivity index (χ2v) is 6.49. The first-order valence-corrected chi connectivity index (χ1v) is 8.47. The maximum absolute atomic E-state index is 12.8. The van der Waals surface area contributed by atoms with Crippen molar-refractivity contribution in [3.05, 3.63) is 41.1 Å². The first kappa shape index (κ1) is 15.8. The standard InChI is InChI=1S/C17H18N3O3S.Na/c1-10-8-18-15(11(2)16(10)23-4)9-24(21)17-19-13-6-5-12(22-3)7-14(13)20-17;/h5-8H,9H2,1-4H3;/q-1;+1/i5D,6D,7D;. The molecule has 0 spiro atoms. The van der Waals surface area contributed by atoms with Crippen LogP contribution in [0.5, 0.6) is 11.5 Å². The molecule has 0 aliphatic rings. The average molecular weight is 370 g/mol. The summed E-state index contributed by atoms with van der Waals surface area (Å²) in [4.78, 5) is 12.6. The zero-order valence-electron chi connectivity index (χ0n) is 17.8. The van der Waals surface area contributed by atoms with Gasteiger partial charge in [0.15, 0.2) is 0 Å². The van der Waals surface area contributed by atoms with E-state index in [4.69, 9.17) is 13.6 Å². The summed E-state index contributed by atoms with van der Waals surface area (Å²) in [5, 5.41) is 0.000366. The van der Waals surface area contributed by atoms with E-state index in [0.717, 1.165) is 11.1 Å². The number of hydrogen-bond acceptors (Lipinski definition) is 5. The minimum Gasteiger partial charge on any atom is -0.497 e. The van der Waals surface area contributed by atoms with Crippen LogP contribution in [0.4, 0.5) is 0 Å². The van der Waals surface area contributed by atoms with Crippen LogP contribution in [0.2, 0.25) is 0 Å². The van der Waals surface area contributed by atoms with Gasteiger partial charge in [-0.3, -0.25) is 9.19 Å². The number of ether oxygens (including phenoxy) is 2. The van der Waals surface area contributed by atoms with Gasteiger partial charge < -0.3 is 19.4 Å². The number of pyridine rings is 1. The van der Waals surface area contributed by atoms with Gasteiger partial charge in [0.25, 0.3) is 0 Å². The molecule has 0 fully saturated rings. The van der Waals surface area contributed by atoms with Gasteiger partial charge >= 0.3 is 29.6 Å². The number of imidazole rings is 1. The van der Waals surface area contributed by atoms with E-state index in [-0.39, 0.29) is 75.4 Å². The van der Waals surface area contributed by atoms with Crippen LogP contribution >= 0.6 is 0 Å². The molecular formula is C17H18N3NaO3S. The fourth-order valence-electron chi connectivity index (χ4n) is 2.36. The van der Waals surface area contributed by atoms with Crippen LogP contribution in [-0.2, 0) is 16.6 Å². The van der Waals surface area contributed by atoms with Gasteiger partial charge in [-0.05, 0) is 37.0 Å². The molecule has 0 radical (unpaired) electrons. The summed E-state index contributed by atoms with van der Waals surface area (Å²) in [7, 11) is 1.26. The smallest absolute Gasteiger partial charge is 0.497 e. The van der Waals surface area contributed by atoms with Crippen LogP contribution in [0.15, 0.2) is 29.5 Å². The molecule has 25 heavy (non-hydrogen) atoms. The predicted octanol–water partition coefficient (Wildman–Crippen LogP) is -0.467. The molecule has 0 saturated heterocycles. The normalized spacial score (nSPS) is 13.5. The molecular weight excluding hydrogens is 349 g/mol. The number of fused-ring (bicyclic) bond motifs is 1. The zero-order chi connectivity index (χ0) is 19.9. The molecule has 0 saturated carbocycles. The Labute approximate surface area is 175 Å². The Bertz CT molecular complexity index is 1080. The van der Waals surface area contributed by atoms with Crippen molar-refractivity contribution in [3.8, 4) is 11.5 Å². The predicted molar refractivity (Wildman–Crippen MR) is 92.0 cm³/mol. The Kier molecular flexibility index (Phi) is 5.26. The monoisotopic (exact) mass is 370 g/mol. The number of aryl methyl sites for hydroxylation is 1. The van der Waals surface area contributed by atoms with E-state index in [1.807, 2.05) is 13.8 Å². The van der Waals surface area contributed by atoms with E-state index in [2.05, 4.69) is 15.0 Å². The number of aromatic nitrogens is 3. The van der Waals surface area contributed by atoms with Gasteiger partial charge in [0, 0.05) is 22.5 Å². The summed E-state index contributed by atoms with van der Waals surface area (Å²) < 4.78 is 47.2. The van der Waals surface area contributed by atoms with Gasteiger partial charge in [-0.15, -0.1) is 0 Å². The average Bonchev–Trinajstić information content (AvgIpc) is 3.09. The van der Waals surface area contributed by atoms with Gasteiger partial charge in [-0.2, -0.15) is 0 Å². The Morgan fingerprint density at radius 2 is 2.04 bits per heavy atom. The van der Waals surface area contributed by atoms with Gasteiger partial charge in [-0.1, -0.05) is 6.04 Å². The molecule has 0 aliphatic carbocycles. The molecule has 8 heteroatoms. The third kappa shape index (κ3) is 4.06. The second kappa shape index (κ2) is 8.31. The van der Waals surface area contributed by atoms with Crippen molar-refractivity contribution < 1.29 is 47.4 Å².